The first kappa shape index (κ1) is 68.8. The highest BCUT2D eigenvalue weighted by Crippen LogP contribution is 2.62. The summed E-state index contributed by atoms with van der Waals surface area (Å²) < 4.78 is 32.2. The zero-order chi connectivity index (χ0) is 66.7. The largest absolute Gasteiger partial charge is 0.472 e. The molecular weight excluding hydrogens is 1180 g/mol. The van der Waals surface area contributed by atoms with Gasteiger partial charge >= 0.3 is 7.82 Å². The summed E-state index contributed by atoms with van der Waals surface area (Å²) in [4.78, 5) is 131. The number of aryl methyl sites for hydroxylation is 2. The molecule has 7 amide bonds. The van der Waals surface area contributed by atoms with E-state index in [1.54, 1.807) is 25.3 Å². The standard InChI is InChI=1S/C62H88N13O14P/c1-29-20-39-40(21-30(29)2)75(28-70-39)57-52(84)53(41(27-76)87-57)89-90(85,86)88-31(3)26-69-49(83)18-19-59(8)37(22-46(66)80)56-62(11)61(10,25-48(68)82)36(14-17-45(65)79)51(74-62)33(5)55-60(9,24-47(67)81)34(12-15-43(63)77)38(71-55)23-42-58(6,7)35(13-16-44(64)78)50(72-42)32(4)54(59)73-56/h20-21,23,28,31,34-37,41,52-53,57,76,84H,12-19,22,24-27H2,1-11H3,(H2,63,77)(H2,64,78)(H2,65,79)(H2,66,80)(H2,67,81)(H2,68,82)(H,69,83)(H,85,86)/b42-23-,54-32-,55-33-/t31?,34?,35?,36?,37?,41-,52-,53-,57?,59?,60?,61?,62?/m1/s1. The van der Waals surface area contributed by atoms with Crippen molar-refractivity contribution in [2.75, 3.05) is 13.2 Å². The molecule has 6 aliphatic heterocycles. The Kier molecular flexibility index (Phi) is 19.5. The monoisotopic (exact) mass is 1270 g/mol. The number of ether oxygens (including phenoxy) is 1. The number of nitrogens with one attached hydrogen (secondary N) is 1. The number of benzene rings is 1. The minimum atomic E-state index is -5.07. The predicted molar refractivity (Wildman–Crippen MR) is 334 cm³/mol. The summed E-state index contributed by atoms with van der Waals surface area (Å²) in [5, 5.41) is 24.6. The van der Waals surface area contributed by atoms with Crippen LogP contribution in [0.15, 0.2) is 72.7 Å². The maximum absolute atomic E-state index is 14.4. The summed E-state index contributed by atoms with van der Waals surface area (Å²) in [6.45, 7) is 19.0. The molecule has 14 atom stereocenters. The van der Waals surface area contributed by atoms with E-state index in [0.29, 0.717) is 62.1 Å². The van der Waals surface area contributed by atoms with Crippen molar-refractivity contribution < 1.29 is 67.0 Å². The fraction of sp³-hybridized carbons (Fsp3) is 0.613. The number of phosphoric ester groups is 1. The average molecular weight is 1270 g/mol. The highest BCUT2D eigenvalue weighted by atomic mass is 31.2. The van der Waals surface area contributed by atoms with Gasteiger partial charge in [0.05, 0.1) is 47.2 Å². The third-order valence-corrected chi connectivity index (χ3v) is 21.3. The quantitative estimate of drug-likeness (QED) is 0.0601. The Hall–Kier alpha value is -7.13. The van der Waals surface area contributed by atoms with E-state index in [2.05, 4.69) is 10.3 Å². The molecule has 27 nitrogen and oxygen atoms in total. The molecule has 11 unspecified atom stereocenters. The third kappa shape index (κ3) is 12.9. The number of aliphatic hydroxyl groups is 2. The second kappa shape index (κ2) is 25.5. The molecule has 8 bridgehead atoms. The Morgan fingerprint density at radius 3 is 1.90 bits per heavy atom. The van der Waals surface area contributed by atoms with E-state index >= 15 is 0 Å². The van der Waals surface area contributed by atoms with Crippen LogP contribution in [0.5, 0.6) is 0 Å². The van der Waals surface area contributed by atoms with Gasteiger partial charge in [0, 0.05) is 120 Å². The number of phosphoric acid groups is 1. The van der Waals surface area contributed by atoms with Crippen LogP contribution in [0, 0.1) is 59.2 Å². The minimum Gasteiger partial charge on any atom is -0.394 e. The van der Waals surface area contributed by atoms with Gasteiger partial charge in [0.25, 0.3) is 0 Å². The van der Waals surface area contributed by atoms with Gasteiger partial charge < -0.3 is 64.1 Å². The van der Waals surface area contributed by atoms with Gasteiger partial charge in [-0.1, -0.05) is 34.6 Å². The van der Waals surface area contributed by atoms with Gasteiger partial charge in [-0.15, -0.1) is 0 Å². The zero-order valence-electron chi connectivity index (χ0n) is 53.1. The Bertz CT molecular complexity index is 3600. The number of aliphatic hydroxyl groups excluding tert-OH is 2. The number of hydrogen-bond donors (Lipinski definition) is 10. The number of nitrogens with two attached hydrogens (primary N) is 6. The lowest BCUT2D eigenvalue weighted by Crippen LogP contribution is -2.54. The van der Waals surface area contributed by atoms with Crippen LogP contribution in [0.3, 0.4) is 0 Å². The number of imidazole rings is 1. The van der Waals surface area contributed by atoms with E-state index in [-0.39, 0.29) is 77.2 Å². The molecule has 7 heterocycles. The maximum Gasteiger partial charge on any atom is 0.472 e. The van der Waals surface area contributed by atoms with E-state index in [9.17, 15) is 53.2 Å². The fourth-order valence-electron chi connectivity index (χ4n) is 15.0. The summed E-state index contributed by atoms with van der Waals surface area (Å²) in [5.41, 5.74) is 36.8. The highest BCUT2D eigenvalue weighted by Gasteiger charge is 2.65. The first-order valence-electron chi connectivity index (χ1n) is 30.4. The number of rotatable bonds is 26. The zero-order valence-corrected chi connectivity index (χ0v) is 54.0. The summed E-state index contributed by atoms with van der Waals surface area (Å²) in [6, 6.07) is 3.73. The van der Waals surface area contributed by atoms with Crippen LogP contribution in [0.25, 0.3) is 11.0 Å². The molecule has 90 heavy (non-hydrogen) atoms. The van der Waals surface area contributed by atoms with Crippen molar-refractivity contribution >= 4 is 83.1 Å². The van der Waals surface area contributed by atoms with Gasteiger partial charge in [0.15, 0.2) is 6.23 Å². The Morgan fingerprint density at radius 1 is 0.733 bits per heavy atom. The number of allylic oxidation sites excluding steroid dienone is 6. The van der Waals surface area contributed by atoms with Gasteiger partial charge in [-0.2, -0.15) is 0 Å². The molecule has 8 rings (SSSR count). The number of carbonyl (C=O) groups is 7. The number of primary amides is 6. The van der Waals surface area contributed by atoms with Gasteiger partial charge in [0.1, 0.15) is 23.9 Å². The van der Waals surface area contributed by atoms with E-state index in [0.717, 1.165) is 11.1 Å². The smallest absolute Gasteiger partial charge is 0.394 e. The fourth-order valence-corrected chi connectivity index (χ4v) is 16.2. The van der Waals surface area contributed by atoms with Crippen molar-refractivity contribution in [3.63, 3.8) is 0 Å². The van der Waals surface area contributed by atoms with Crippen molar-refractivity contribution in [1.82, 2.24) is 14.9 Å². The van der Waals surface area contributed by atoms with Crippen molar-refractivity contribution in [3.05, 3.63) is 63.9 Å². The van der Waals surface area contributed by atoms with Crippen LogP contribution in [-0.2, 0) is 51.9 Å². The first-order chi connectivity index (χ1) is 41.8. The number of nitrogens with zero attached hydrogens (tertiary/aromatic N) is 6. The lowest BCUT2D eigenvalue weighted by atomic mass is 9.56. The number of aromatic nitrogens is 2. The van der Waals surface area contributed by atoms with Crippen molar-refractivity contribution in [1.29, 1.82) is 0 Å². The summed E-state index contributed by atoms with van der Waals surface area (Å²) in [6.07, 6.45) is -4.63. The molecule has 490 valence electrons. The molecule has 1 aromatic carbocycles. The molecule has 6 aliphatic rings. The number of fused-ring (bicyclic) bond motifs is 6. The van der Waals surface area contributed by atoms with Crippen LogP contribution in [-0.4, -0.2) is 132 Å². The molecule has 0 saturated carbocycles. The molecule has 28 heteroatoms. The van der Waals surface area contributed by atoms with Crippen LogP contribution in [0.4, 0.5) is 0 Å². The van der Waals surface area contributed by atoms with Gasteiger partial charge in [-0.25, -0.2) is 9.55 Å². The van der Waals surface area contributed by atoms with Gasteiger partial charge in [-0.05, 0) is 108 Å². The van der Waals surface area contributed by atoms with Crippen LogP contribution >= 0.6 is 7.82 Å². The molecular formula is C62H88N13O14P. The molecule has 1 fully saturated rings. The maximum atomic E-state index is 14.4. The Morgan fingerprint density at radius 2 is 1.31 bits per heavy atom. The van der Waals surface area contributed by atoms with Crippen LogP contribution in [0.2, 0.25) is 0 Å². The van der Waals surface area contributed by atoms with E-state index in [4.69, 9.17) is 68.2 Å². The lowest BCUT2D eigenvalue weighted by molar-refractivity contribution is -0.123. The summed E-state index contributed by atoms with van der Waals surface area (Å²) in [7, 11) is -5.07. The van der Waals surface area contributed by atoms with E-state index in [1.807, 2.05) is 66.7 Å². The average Bonchev–Trinajstić information content (AvgIpc) is 1.53. The molecule has 16 N–H and O–H groups in total. The summed E-state index contributed by atoms with van der Waals surface area (Å²) >= 11 is 0. The number of carbonyl (C=O) groups excluding carboxylic acids is 7. The SMILES string of the molecule is C/C1=C2N=C(/C=C3N=C(/C(C)=C4\N=C(C(CC(N)=O)C4(C)CCC(=O)NCC(C)OP(=O)(O)O[C@@H]4[C@@H](CO)OC(n5cnc6cc(C)c(C)cc65)[C@@H]4O)C4(C)N=C1C(CCC(N)=O)C4(C)CC(N)=O)C(CCC(N)=O)C\3(C)C)C(CCC(N)=O)C/2(C)CC(N)=O. The topological polar surface area (TPSA) is 460 Å². The summed E-state index contributed by atoms with van der Waals surface area (Å²) in [5.74, 6) is -7.52. The molecule has 1 aromatic heterocycles. The Labute approximate surface area is 522 Å². The predicted octanol–water partition coefficient (Wildman–Crippen LogP) is 3.65. The van der Waals surface area contributed by atoms with E-state index < -0.39 is 137 Å². The van der Waals surface area contributed by atoms with E-state index in [1.165, 1.54) is 13.3 Å². The molecule has 1 saturated heterocycles. The second-order valence-electron chi connectivity index (χ2n) is 26.8. The van der Waals surface area contributed by atoms with Gasteiger partial charge in [0.2, 0.25) is 41.4 Å². The van der Waals surface area contributed by atoms with Crippen LogP contribution in [0.1, 0.15) is 150 Å². The molecule has 0 radical (unpaired) electrons. The van der Waals surface area contributed by atoms with Crippen molar-refractivity contribution in [2.45, 2.75) is 183 Å². The number of amides is 7. The third-order valence-electron chi connectivity index (χ3n) is 20.2. The first-order valence-corrected chi connectivity index (χ1v) is 31.9. The number of hydrogen-bond acceptors (Lipinski definition) is 18. The van der Waals surface area contributed by atoms with Crippen LogP contribution < -0.4 is 39.7 Å². The second-order valence-corrected chi connectivity index (χ2v) is 28.2. The van der Waals surface area contributed by atoms with Crippen molar-refractivity contribution in [2.24, 2.45) is 99.7 Å². The van der Waals surface area contributed by atoms with Gasteiger partial charge in [-0.3, -0.25) is 62.6 Å². The minimum absolute atomic E-state index is 0.0372. The van der Waals surface area contributed by atoms with Crippen molar-refractivity contribution in [3.8, 4) is 0 Å². The lowest BCUT2D eigenvalue weighted by Gasteiger charge is -2.45. The molecule has 0 spiro atoms. The number of aliphatic imine (C=N–C) groups is 4. The molecule has 2 aromatic rings. The normalized spacial score (nSPS) is 33.4. The Balaban J connectivity index is 1.20. The highest BCUT2D eigenvalue weighted by molar-refractivity contribution is 7.47. The molecule has 0 aliphatic carbocycles.